The molecule has 76 valence electrons. The highest BCUT2D eigenvalue weighted by atomic mass is 16.3. The zero-order valence-electron chi connectivity index (χ0n) is 8.06. The number of rotatable bonds is 3. The predicted molar refractivity (Wildman–Crippen MR) is 56.5 cm³/mol. The summed E-state index contributed by atoms with van der Waals surface area (Å²) < 4.78 is 5.07. The maximum atomic E-state index is 11.6. The molecule has 4 nitrogen and oxygen atoms in total. The molecule has 0 unspecified atom stereocenters. The van der Waals surface area contributed by atoms with Gasteiger partial charge in [0, 0.05) is 12.1 Å². The lowest BCUT2D eigenvalue weighted by molar-refractivity contribution is 0.0958. The first-order valence-corrected chi connectivity index (χ1v) is 4.53. The molecule has 0 aliphatic rings. The molecule has 0 aliphatic carbocycles. The van der Waals surface area contributed by atoms with Crippen LogP contribution >= 0.6 is 0 Å². The second-order valence-corrected chi connectivity index (χ2v) is 3.03. The van der Waals surface area contributed by atoms with Crippen LogP contribution in [-0.2, 0) is 0 Å². The molecular weight excluding hydrogens is 192 g/mol. The third-order valence-corrected chi connectivity index (χ3v) is 2.00. The molecule has 1 heterocycles. The first-order chi connectivity index (χ1) is 7.31. The lowest BCUT2D eigenvalue weighted by Crippen LogP contribution is -2.22. The van der Waals surface area contributed by atoms with E-state index in [1.807, 2.05) is 0 Å². The summed E-state index contributed by atoms with van der Waals surface area (Å²) in [4.78, 5) is 15.5. The molecule has 2 aromatic rings. The molecule has 0 aliphatic heterocycles. The number of carbonyl (C=O) groups excluding carboxylic acids is 1. The maximum Gasteiger partial charge on any atom is 0.251 e. The van der Waals surface area contributed by atoms with Gasteiger partial charge in [-0.3, -0.25) is 4.79 Å². The van der Waals surface area contributed by atoms with Gasteiger partial charge in [-0.25, -0.2) is 4.98 Å². The summed E-state index contributed by atoms with van der Waals surface area (Å²) in [5.41, 5.74) is 1.93. The minimum absolute atomic E-state index is 0.139. The highest BCUT2D eigenvalue weighted by Gasteiger charge is 2.06. The number of carbonyl (C=O) groups is 1. The van der Waals surface area contributed by atoms with Crippen molar-refractivity contribution in [1.82, 2.24) is 10.3 Å². The largest absolute Gasteiger partial charge is 0.443 e. The molecule has 0 bridgehead atoms. The predicted octanol–water partition coefficient (Wildman–Crippen LogP) is 1.74. The summed E-state index contributed by atoms with van der Waals surface area (Å²) in [5, 5.41) is 2.69. The van der Waals surface area contributed by atoms with Crippen molar-refractivity contribution in [3.63, 3.8) is 0 Å². The number of fused-ring (bicyclic) bond motifs is 1. The normalized spacial score (nSPS) is 10.1. The van der Waals surface area contributed by atoms with E-state index in [2.05, 4.69) is 16.9 Å². The van der Waals surface area contributed by atoms with Gasteiger partial charge in [0.15, 0.2) is 12.0 Å². The average Bonchev–Trinajstić information content (AvgIpc) is 2.72. The summed E-state index contributed by atoms with van der Waals surface area (Å²) in [7, 11) is 0. The maximum absolute atomic E-state index is 11.6. The van der Waals surface area contributed by atoms with Gasteiger partial charge in [0.2, 0.25) is 0 Å². The monoisotopic (exact) mass is 202 g/mol. The van der Waals surface area contributed by atoms with Crippen LogP contribution in [0.25, 0.3) is 11.1 Å². The van der Waals surface area contributed by atoms with Crippen LogP contribution in [0.1, 0.15) is 10.4 Å². The molecule has 0 fully saturated rings. The van der Waals surface area contributed by atoms with E-state index >= 15 is 0 Å². The fraction of sp³-hybridized carbons (Fsp3) is 0.0909. The Morgan fingerprint density at radius 3 is 3.27 bits per heavy atom. The van der Waals surface area contributed by atoms with Crippen molar-refractivity contribution in [2.24, 2.45) is 0 Å². The number of nitrogens with zero attached hydrogens (tertiary/aromatic N) is 1. The third-order valence-electron chi connectivity index (χ3n) is 2.00. The molecule has 1 aromatic carbocycles. The van der Waals surface area contributed by atoms with E-state index in [9.17, 15) is 4.79 Å². The van der Waals surface area contributed by atoms with Crippen molar-refractivity contribution in [2.45, 2.75) is 0 Å². The first kappa shape index (κ1) is 9.45. The van der Waals surface area contributed by atoms with Crippen LogP contribution in [0.4, 0.5) is 0 Å². The van der Waals surface area contributed by atoms with Crippen LogP contribution in [0.3, 0.4) is 0 Å². The fourth-order valence-electron chi connectivity index (χ4n) is 1.27. The molecule has 0 spiro atoms. The number of benzene rings is 1. The van der Waals surface area contributed by atoms with Crippen molar-refractivity contribution >= 4 is 17.0 Å². The van der Waals surface area contributed by atoms with Crippen LogP contribution in [0.5, 0.6) is 0 Å². The highest BCUT2D eigenvalue weighted by Crippen LogP contribution is 2.13. The SMILES string of the molecule is C=CCNC(=O)c1ccc2ocnc2c1. The minimum Gasteiger partial charge on any atom is -0.443 e. The van der Waals surface area contributed by atoms with Crippen LogP contribution in [0.15, 0.2) is 41.7 Å². The molecular formula is C11H10N2O2. The van der Waals surface area contributed by atoms with E-state index in [-0.39, 0.29) is 5.91 Å². The highest BCUT2D eigenvalue weighted by molar-refractivity contribution is 5.97. The number of hydrogen-bond donors (Lipinski definition) is 1. The number of oxazole rings is 1. The van der Waals surface area contributed by atoms with E-state index in [1.165, 1.54) is 6.39 Å². The van der Waals surface area contributed by atoms with Gasteiger partial charge < -0.3 is 9.73 Å². The van der Waals surface area contributed by atoms with Crippen LogP contribution in [-0.4, -0.2) is 17.4 Å². The number of hydrogen-bond acceptors (Lipinski definition) is 3. The summed E-state index contributed by atoms with van der Waals surface area (Å²) in [6, 6.07) is 5.12. The minimum atomic E-state index is -0.139. The quantitative estimate of drug-likeness (QED) is 0.771. The average molecular weight is 202 g/mol. The zero-order valence-corrected chi connectivity index (χ0v) is 8.06. The number of nitrogens with one attached hydrogen (secondary N) is 1. The molecule has 0 atom stereocenters. The lowest BCUT2D eigenvalue weighted by atomic mass is 10.2. The van der Waals surface area contributed by atoms with Gasteiger partial charge in [-0.2, -0.15) is 0 Å². The molecule has 15 heavy (non-hydrogen) atoms. The summed E-state index contributed by atoms with van der Waals surface area (Å²) >= 11 is 0. The van der Waals surface area contributed by atoms with E-state index in [0.717, 1.165) is 0 Å². The zero-order chi connectivity index (χ0) is 10.7. The van der Waals surface area contributed by atoms with Crippen LogP contribution < -0.4 is 5.32 Å². The Morgan fingerprint density at radius 1 is 1.60 bits per heavy atom. The second kappa shape index (κ2) is 3.96. The Labute approximate surface area is 86.6 Å². The summed E-state index contributed by atoms with van der Waals surface area (Å²) in [6.07, 6.45) is 2.99. The van der Waals surface area contributed by atoms with Gasteiger partial charge in [-0.05, 0) is 18.2 Å². The van der Waals surface area contributed by atoms with Crippen molar-refractivity contribution in [2.75, 3.05) is 6.54 Å². The van der Waals surface area contributed by atoms with Gasteiger partial charge >= 0.3 is 0 Å². The van der Waals surface area contributed by atoms with Crippen molar-refractivity contribution < 1.29 is 9.21 Å². The summed E-state index contributed by atoms with van der Waals surface area (Å²) in [5.74, 6) is -0.139. The smallest absolute Gasteiger partial charge is 0.251 e. The fourth-order valence-corrected chi connectivity index (χ4v) is 1.27. The van der Waals surface area contributed by atoms with E-state index < -0.39 is 0 Å². The van der Waals surface area contributed by atoms with Gasteiger partial charge in [-0.15, -0.1) is 6.58 Å². The third kappa shape index (κ3) is 1.88. The van der Waals surface area contributed by atoms with Gasteiger partial charge in [0.05, 0.1) is 0 Å². The summed E-state index contributed by atoms with van der Waals surface area (Å²) in [6.45, 7) is 3.98. The first-order valence-electron chi connectivity index (χ1n) is 4.53. The second-order valence-electron chi connectivity index (χ2n) is 3.03. The van der Waals surface area contributed by atoms with Gasteiger partial charge in [0.1, 0.15) is 5.52 Å². The van der Waals surface area contributed by atoms with E-state index in [0.29, 0.717) is 23.2 Å². The molecule has 0 saturated carbocycles. The van der Waals surface area contributed by atoms with Crippen molar-refractivity contribution in [3.8, 4) is 0 Å². The molecule has 4 heteroatoms. The lowest BCUT2D eigenvalue weighted by Gasteiger charge is -2.01. The van der Waals surface area contributed by atoms with Gasteiger partial charge in [-0.1, -0.05) is 6.08 Å². The standard InChI is InChI=1S/C11H10N2O2/c1-2-5-12-11(14)8-3-4-10-9(6-8)13-7-15-10/h2-4,6-7H,1,5H2,(H,12,14). The molecule has 1 aromatic heterocycles. The van der Waals surface area contributed by atoms with Crippen LogP contribution in [0.2, 0.25) is 0 Å². The van der Waals surface area contributed by atoms with Crippen molar-refractivity contribution in [1.29, 1.82) is 0 Å². The van der Waals surface area contributed by atoms with Crippen molar-refractivity contribution in [3.05, 3.63) is 42.8 Å². The topological polar surface area (TPSA) is 55.1 Å². The van der Waals surface area contributed by atoms with Crippen LogP contribution in [0, 0.1) is 0 Å². The molecule has 0 radical (unpaired) electrons. The Bertz CT molecular complexity index is 502. The Morgan fingerprint density at radius 2 is 2.47 bits per heavy atom. The molecule has 1 amide bonds. The van der Waals surface area contributed by atoms with E-state index in [4.69, 9.17) is 4.42 Å². The molecule has 2 rings (SSSR count). The van der Waals surface area contributed by atoms with Gasteiger partial charge in [0.25, 0.3) is 5.91 Å². The van der Waals surface area contributed by atoms with E-state index in [1.54, 1.807) is 24.3 Å². The Balaban J connectivity index is 2.27. The number of aromatic nitrogens is 1. The molecule has 1 N–H and O–H groups in total. The Kier molecular flexibility index (Phi) is 2.49. The number of amides is 1. The molecule has 0 saturated heterocycles. The Hall–Kier alpha value is -2.10.